The molecule has 0 fully saturated rings. The summed E-state index contributed by atoms with van der Waals surface area (Å²) in [5.74, 6) is 0.710. The lowest BCUT2D eigenvalue weighted by molar-refractivity contribution is -0.122. The van der Waals surface area contributed by atoms with Gasteiger partial charge in [0.25, 0.3) is 0 Å². The number of carbonyl (C=O) groups excluding carboxylic acids is 1. The number of hydrogen-bond donors (Lipinski definition) is 1. The van der Waals surface area contributed by atoms with E-state index in [-0.39, 0.29) is 17.7 Å². The van der Waals surface area contributed by atoms with Crippen LogP contribution in [0.25, 0.3) is 0 Å². The Morgan fingerprint density at radius 1 is 1.04 bits per heavy atom. The molecule has 1 atom stereocenters. The van der Waals surface area contributed by atoms with Crippen LogP contribution in [0, 0.1) is 0 Å². The maximum absolute atomic E-state index is 12.8. The van der Waals surface area contributed by atoms with E-state index < -0.39 is 0 Å². The molecule has 0 radical (unpaired) electrons. The van der Waals surface area contributed by atoms with Crippen molar-refractivity contribution in [3.63, 3.8) is 0 Å². The van der Waals surface area contributed by atoms with Crippen LogP contribution in [0.3, 0.4) is 0 Å². The first kappa shape index (κ1) is 18.3. The number of benzene rings is 2. The number of fused-ring (bicyclic) bond motifs is 1. The molecule has 0 bridgehead atoms. The first-order valence-electron chi connectivity index (χ1n) is 9.96. The molecule has 28 heavy (non-hydrogen) atoms. The summed E-state index contributed by atoms with van der Waals surface area (Å²) < 4.78 is 1.77. The van der Waals surface area contributed by atoms with Crippen LogP contribution in [0.5, 0.6) is 0 Å². The Balaban J connectivity index is 1.43. The molecule has 4 rings (SSSR count). The number of hydrogen-bond acceptors (Lipinski definition) is 4. The molecule has 1 amide bonds. The molecular weight excluding hydrogens is 350 g/mol. The van der Waals surface area contributed by atoms with Crippen molar-refractivity contribution in [2.45, 2.75) is 44.1 Å². The zero-order chi connectivity index (χ0) is 19.2. The molecule has 2 heterocycles. The Labute approximate surface area is 165 Å². The highest BCUT2D eigenvalue weighted by atomic mass is 16.1. The SMILES string of the molecule is O=C(NCCC(c1ccccc1)c1ccccc1)[C@@H]1CCCCn2nnnc21. The Morgan fingerprint density at radius 2 is 1.71 bits per heavy atom. The van der Waals surface area contributed by atoms with Crippen LogP contribution in [0.2, 0.25) is 0 Å². The number of tetrazole rings is 1. The van der Waals surface area contributed by atoms with Crippen LogP contribution in [-0.4, -0.2) is 32.7 Å². The maximum atomic E-state index is 12.8. The molecule has 1 aliphatic heterocycles. The molecule has 3 aromatic rings. The quantitative estimate of drug-likeness (QED) is 0.718. The summed E-state index contributed by atoms with van der Waals surface area (Å²) in [5.41, 5.74) is 2.53. The van der Waals surface area contributed by atoms with Gasteiger partial charge in [-0.3, -0.25) is 4.79 Å². The predicted molar refractivity (Wildman–Crippen MR) is 107 cm³/mol. The van der Waals surface area contributed by atoms with Gasteiger partial charge < -0.3 is 5.32 Å². The number of amides is 1. The van der Waals surface area contributed by atoms with Crippen molar-refractivity contribution < 1.29 is 4.79 Å². The molecule has 0 saturated heterocycles. The summed E-state index contributed by atoms with van der Waals surface area (Å²) in [5, 5.41) is 15.0. The molecule has 6 heteroatoms. The highest BCUT2D eigenvalue weighted by Gasteiger charge is 2.28. The Bertz CT molecular complexity index is 854. The second-order valence-corrected chi connectivity index (χ2v) is 7.26. The van der Waals surface area contributed by atoms with Crippen LogP contribution >= 0.6 is 0 Å². The maximum Gasteiger partial charge on any atom is 0.230 e. The van der Waals surface area contributed by atoms with E-state index in [2.05, 4.69) is 69.4 Å². The average Bonchev–Trinajstić information content (AvgIpc) is 3.11. The lowest BCUT2D eigenvalue weighted by atomic mass is 9.88. The predicted octanol–water partition coefficient (Wildman–Crippen LogP) is 3.28. The van der Waals surface area contributed by atoms with Crippen molar-refractivity contribution in [3.05, 3.63) is 77.6 Å². The van der Waals surface area contributed by atoms with Crippen LogP contribution in [0.4, 0.5) is 0 Å². The number of aromatic nitrogens is 4. The van der Waals surface area contributed by atoms with Gasteiger partial charge in [-0.25, -0.2) is 4.68 Å². The lowest BCUT2D eigenvalue weighted by Crippen LogP contribution is -2.32. The van der Waals surface area contributed by atoms with Crippen LogP contribution < -0.4 is 5.32 Å². The van der Waals surface area contributed by atoms with Gasteiger partial charge in [0.15, 0.2) is 5.82 Å². The number of aryl methyl sites for hydroxylation is 1. The highest BCUT2D eigenvalue weighted by Crippen LogP contribution is 2.28. The minimum absolute atomic E-state index is 0.0258. The molecule has 1 aliphatic rings. The fourth-order valence-corrected chi connectivity index (χ4v) is 3.97. The largest absolute Gasteiger partial charge is 0.355 e. The van der Waals surface area contributed by atoms with E-state index in [0.29, 0.717) is 12.4 Å². The van der Waals surface area contributed by atoms with Crippen molar-refractivity contribution >= 4 is 5.91 Å². The van der Waals surface area contributed by atoms with Crippen molar-refractivity contribution in [3.8, 4) is 0 Å². The third kappa shape index (κ3) is 4.11. The molecule has 1 aromatic heterocycles. The summed E-state index contributed by atoms with van der Waals surface area (Å²) in [6.07, 6.45) is 3.65. The Morgan fingerprint density at radius 3 is 2.39 bits per heavy atom. The molecule has 2 aromatic carbocycles. The molecule has 144 valence electrons. The smallest absolute Gasteiger partial charge is 0.230 e. The van der Waals surface area contributed by atoms with Crippen LogP contribution in [0.15, 0.2) is 60.7 Å². The topological polar surface area (TPSA) is 72.7 Å². The molecule has 0 spiro atoms. The van der Waals surface area contributed by atoms with Crippen molar-refractivity contribution in [2.24, 2.45) is 0 Å². The van der Waals surface area contributed by atoms with Crippen LogP contribution in [0.1, 0.15) is 54.5 Å². The fraction of sp³-hybridized carbons (Fsp3) is 0.364. The third-order valence-corrected chi connectivity index (χ3v) is 5.44. The van der Waals surface area contributed by atoms with Gasteiger partial charge in [-0.2, -0.15) is 0 Å². The first-order valence-corrected chi connectivity index (χ1v) is 9.96. The summed E-state index contributed by atoms with van der Waals surface area (Å²) in [7, 11) is 0. The second kappa shape index (κ2) is 8.78. The Hall–Kier alpha value is -3.02. The Kier molecular flexibility index (Phi) is 5.75. The number of nitrogens with one attached hydrogen (secondary N) is 1. The summed E-state index contributed by atoms with van der Waals surface area (Å²) in [6, 6.07) is 20.9. The fourth-order valence-electron chi connectivity index (χ4n) is 3.97. The van der Waals surface area contributed by atoms with E-state index >= 15 is 0 Å². The highest BCUT2D eigenvalue weighted by molar-refractivity contribution is 5.82. The number of carbonyl (C=O) groups is 1. The third-order valence-electron chi connectivity index (χ3n) is 5.44. The van der Waals surface area contributed by atoms with E-state index in [4.69, 9.17) is 0 Å². The van der Waals surface area contributed by atoms with Gasteiger partial charge in [0.05, 0.1) is 5.92 Å². The van der Waals surface area contributed by atoms with E-state index in [1.54, 1.807) is 4.68 Å². The van der Waals surface area contributed by atoms with Crippen molar-refractivity contribution in [1.82, 2.24) is 25.5 Å². The number of rotatable bonds is 6. The molecule has 0 unspecified atom stereocenters. The standard InChI is InChI=1S/C22H25N5O/c28-22(20-13-7-8-16-27-21(20)24-25-26-27)23-15-14-19(17-9-3-1-4-10-17)18-11-5-2-6-12-18/h1-6,9-12,19-20H,7-8,13-16H2,(H,23,28)/t20-/m1/s1. The van der Waals surface area contributed by atoms with E-state index in [1.807, 2.05) is 12.1 Å². The monoisotopic (exact) mass is 375 g/mol. The normalized spacial score (nSPS) is 16.4. The minimum atomic E-state index is -0.260. The van der Waals surface area contributed by atoms with Crippen LogP contribution in [-0.2, 0) is 11.3 Å². The molecular formula is C22H25N5O. The zero-order valence-corrected chi connectivity index (χ0v) is 15.9. The van der Waals surface area contributed by atoms with E-state index in [9.17, 15) is 4.79 Å². The summed E-state index contributed by atoms with van der Waals surface area (Å²) >= 11 is 0. The molecule has 0 aliphatic carbocycles. The zero-order valence-electron chi connectivity index (χ0n) is 15.9. The average molecular weight is 375 g/mol. The van der Waals surface area contributed by atoms with Gasteiger partial charge >= 0.3 is 0 Å². The number of nitrogens with zero attached hydrogens (tertiary/aromatic N) is 4. The molecule has 6 nitrogen and oxygen atoms in total. The lowest BCUT2D eigenvalue weighted by Gasteiger charge is -2.19. The molecule has 0 saturated carbocycles. The second-order valence-electron chi connectivity index (χ2n) is 7.26. The van der Waals surface area contributed by atoms with Gasteiger partial charge in [0.2, 0.25) is 5.91 Å². The summed E-state index contributed by atoms with van der Waals surface area (Å²) in [6.45, 7) is 1.40. The van der Waals surface area contributed by atoms with Crippen molar-refractivity contribution in [2.75, 3.05) is 6.54 Å². The first-order chi connectivity index (χ1) is 13.8. The minimum Gasteiger partial charge on any atom is -0.355 e. The van der Waals surface area contributed by atoms with E-state index in [0.717, 1.165) is 32.2 Å². The van der Waals surface area contributed by atoms with Crippen molar-refractivity contribution in [1.29, 1.82) is 0 Å². The summed E-state index contributed by atoms with van der Waals surface area (Å²) in [4.78, 5) is 12.8. The van der Waals surface area contributed by atoms with Gasteiger partial charge in [-0.15, -0.1) is 5.10 Å². The van der Waals surface area contributed by atoms with Gasteiger partial charge in [0, 0.05) is 19.0 Å². The van der Waals surface area contributed by atoms with Gasteiger partial charge in [-0.1, -0.05) is 67.1 Å². The van der Waals surface area contributed by atoms with Gasteiger partial charge in [-0.05, 0) is 40.8 Å². The van der Waals surface area contributed by atoms with Gasteiger partial charge in [0.1, 0.15) is 0 Å². The molecule has 1 N–H and O–H groups in total. The van der Waals surface area contributed by atoms with E-state index in [1.165, 1.54) is 11.1 Å².